The lowest BCUT2D eigenvalue weighted by atomic mass is 10.0. The van der Waals surface area contributed by atoms with Gasteiger partial charge >= 0.3 is 0 Å². The number of hydrogen-bond acceptors (Lipinski definition) is 4. The lowest BCUT2D eigenvalue weighted by molar-refractivity contribution is 0.354. The van der Waals surface area contributed by atoms with Gasteiger partial charge in [-0.1, -0.05) is 48.5 Å². The number of aromatic amines is 1. The van der Waals surface area contributed by atoms with Crippen LogP contribution in [0.5, 0.6) is 11.5 Å². The van der Waals surface area contributed by atoms with E-state index in [0.29, 0.717) is 41.8 Å². The Morgan fingerprint density at radius 2 is 1.68 bits per heavy atom. The van der Waals surface area contributed by atoms with Gasteiger partial charge in [-0.3, -0.25) is 4.79 Å². The molecule has 0 aliphatic carbocycles. The van der Waals surface area contributed by atoms with Crippen LogP contribution in [0.2, 0.25) is 0 Å². The molecule has 2 N–H and O–H groups in total. The van der Waals surface area contributed by atoms with Gasteiger partial charge in [0.1, 0.15) is 0 Å². The van der Waals surface area contributed by atoms with Crippen molar-refractivity contribution in [1.82, 2.24) is 15.2 Å². The van der Waals surface area contributed by atoms with Crippen molar-refractivity contribution in [3.63, 3.8) is 0 Å². The zero-order valence-electron chi connectivity index (χ0n) is 21.8. The molecule has 4 aromatic rings. The zero-order chi connectivity index (χ0) is 26.4. The van der Waals surface area contributed by atoms with Gasteiger partial charge in [-0.2, -0.15) is 0 Å². The molecule has 0 atom stereocenters. The number of benzene rings is 3. The minimum Gasteiger partial charge on any atom is -0.493 e. The molecule has 0 unspecified atom stereocenters. The minimum absolute atomic E-state index is 0.0904. The van der Waals surface area contributed by atoms with E-state index < -0.39 is 0 Å². The summed E-state index contributed by atoms with van der Waals surface area (Å²) in [5, 5.41) is 5.00. The number of H-pyrrole nitrogens is 1. The van der Waals surface area contributed by atoms with Crippen molar-refractivity contribution < 1.29 is 9.47 Å². The smallest absolute Gasteiger partial charge is 0.253 e. The second-order valence-corrected chi connectivity index (χ2v) is 9.50. The Morgan fingerprint density at radius 1 is 0.919 bits per heavy atom. The van der Waals surface area contributed by atoms with Crippen molar-refractivity contribution in [2.24, 2.45) is 0 Å². The Bertz CT molecular complexity index is 1450. The highest BCUT2D eigenvalue weighted by Crippen LogP contribution is 2.27. The molecule has 0 aliphatic rings. The molecule has 0 saturated carbocycles. The summed E-state index contributed by atoms with van der Waals surface area (Å²) in [6, 6.07) is 22.2. The molecule has 7 heteroatoms. The average molecular weight is 516 g/mol. The fourth-order valence-electron chi connectivity index (χ4n) is 4.36. The number of thiocarbonyl (C=S) groups is 1. The lowest BCUT2D eigenvalue weighted by Crippen LogP contribution is -2.40. The first-order chi connectivity index (χ1) is 17.9. The summed E-state index contributed by atoms with van der Waals surface area (Å²) in [5.74, 6) is 1.41. The average Bonchev–Trinajstić information content (AvgIpc) is 2.91. The Balaban J connectivity index is 1.52. The van der Waals surface area contributed by atoms with Crippen molar-refractivity contribution in [2.45, 2.75) is 33.4 Å². The number of ether oxygens (including phenoxy) is 2. The molecule has 0 bridgehead atoms. The van der Waals surface area contributed by atoms with Gasteiger partial charge in [0, 0.05) is 18.7 Å². The Labute approximate surface area is 223 Å². The molecule has 3 aromatic carbocycles. The Kier molecular flexibility index (Phi) is 8.46. The van der Waals surface area contributed by atoms with Crippen LogP contribution in [-0.4, -0.2) is 35.8 Å². The minimum atomic E-state index is -0.0904. The number of hydrogen-bond donors (Lipinski definition) is 2. The highest BCUT2D eigenvalue weighted by atomic mass is 32.1. The second-order valence-electron chi connectivity index (χ2n) is 9.11. The summed E-state index contributed by atoms with van der Waals surface area (Å²) in [7, 11) is 3.26. The van der Waals surface area contributed by atoms with Crippen LogP contribution >= 0.6 is 12.2 Å². The van der Waals surface area contributed by atoms with Crippen LogP contribution in [-0.2, 0) is 19.5 Å². The van der Waals surface area contributed by atoms with E-state index in [2.05, 4.69) is 41.5 Å². The van der Waals surface area contributed by atoms with E-state index in [0.717, 1.165) is 39.6 Å². The largest absolute Gasteiger partial charge is 0.493 e. The molecular weight excluding hydrogens is 482 g/mol. The van der Waals surface area contributed by atoms with Crippen LogP contribution in [0, 0.1) is 13.8 Å². The van der Waals surface area contributed by atoms with Crippen molar-refractivity contribution in [1.29, 1.82) is 0 Å². The monoisotopic (exact) mass is 515 g/mol. The Hall–Kier alpha value is -3.84. The van der Waals surface area contributed by atoms with Gasteiger partial charge in [0.05, 0.1) is 26.3 Å². The normalized spacial score (nSPS) is 10.8. The summed E-state index contributed by atoms with van der Waals surface area (Å²) in [5.41, 5.74) is 5.95. The molecule has 6 nitrogen and oxygen atoms in total. The van der Waals surface area contributed by atoms with Crippen molar-refractivity contribution in [3.8, 4) is 11.5 Å². The summed E-state index contributed by atoms with van der Waals surface area (Å²) >= 11 is 5.81. The van der Waals surface area contributed by atoms with E-state index in [1.165, 1.54) is 0 Å². The number of nitrogens with zero attached hydrogens (tertiary/aromatic N) is 1. The molecule has 37 heavy (non-hydrogen) atoms. The zero-order valence-corrected chi connectivity index (χ0v) is 22.6. The molecule has 0 amide bonds. The molecule has 0 aliphatic heterocycles. The second kappa shape index (κ2) is 11.9. The number of nitrogens with one attached hydrogen (secondary N) is 2. The molecule has 0 radical (unpaired) electrons. The van der Waals surface area contributed by atoms with Crippen molar-refractivity contribution >= 4 is 28.2 Å². The number of rotatable bonds is 9. The topological polar surface area (TPSA) is 66.6 Å². The molecule has 1 aromatic heterocycles. The lowest BCUT2D eigenvalue weighted by Gasteiger charge is -2.26. The van der Waals surface area contributed by atoms with E-state index in [1.54, 1.807) is 14.2 Å². The van der Waals surface area contributed by atoms with Crippen LogP contribution in [0.15, 0.2) is 71.5 Å². The van der Waals surface area contributed by atoms with Gasteiger partial charge in [-0.15, -0.1) is 0 Å². The number of aromatic nitrogens is 1. The maximum absolute atomic E-state index is 13.1. The fourth-order valence-corrected chi connectivity index (χ4v) is 4.59. The van der Waals surface area contributed by atoms with Crippen LogP contribution in [0.1, 0.15) is 27.8 Å². The molecule has 4 rings (SSSR count). The van der Waals surface area contributed by atoms with E-state index in [4.69, 9.17) is 21.7 Å². The molecule has 0 saturated heterocycles. The molecule has 0 spiro atoms. The molecule has 0 fully saturated rings. The van der Waals surface area contributed by atoms with Crippen LogP contribution in [0.3, 0.4) is 0 Å². The van der Waals surface area contributed by atoms with Crippen molar-refractivity contribution in [2.75, 3.05) is 20.8 Å². The third-order valence-corrected chi connectivity index (χ3v) is 7.03. The Morgan fingerprint density at radius 3 is 2.41 bits per heavy atom. The van der Waals surface area contributed by atoms with Crippen molar-refractivity contribution in [3.05, 3.63) is 105 Å². The van der Waals surface area contributed by atoms with Gasteiger partial charge in [-0.05, 0) is 78.3 Å². The number of pyridine rings is 1. The van der Waals surface area contributed by atoms with E-state index >= 15 is 0 Å². The quantitative estimate of drug-likeness (QED) is 0.296. The van der Waals surface area contributed by atoms with Gasteiger partial charge < -0.3 is 24.7 Å². The highest BCUT2D eigenvalue weighted by molar-refractivity contribution is 7.80. The van der Waals surface area contributed by atoms with Gasteiger partial charge in [0.25, 0.3) is 5.56 Å². The van der Waals surface area contributed by atoms with Crippen LogP contribution < -0.4 is 20.3 Å². The van der Waals surface area contributed by atoms with Crippen LogP contribution in [0.25, 0.3) is 10.9 Å². The molecular formula is C30H33N3O3S. The number of fused-ring (bicyclic) bond motifs is 1. The first kappa shape index (κ1) is 26.2. The standard InChI is InChI=1S/C30H33N3O3S/c1-20-10-12-24-17-25(29(34)32-28(24)21(20)2)19-33(18-23-8-6-5-7-9-23)30(37)31-15-14-22-11-13-26(35-3)27(16-22)36-4/h5-13,16-17H,14-15,18-19H2,1-4H3,(H,31,37)(H,32,34). The maximum Gasteiger partial charge on any atom is 0.253 e. The number of aryl methyl sites for hydroxylation is 2. The summed E-state index contributed by atoms with van der Waals surface area (Å²) in [4.78, 5) is 18.2. The summed E-state index contributed by atoms with van der Waals surface area (Å²) in [6.07, 6.45) is 0.759. The van der Waals surface area contributed by atoms with Gasteiger partial charge in [0.15, 0.2) is 16.6 Å². The number of methoxy groups -OCH3 is 2. The predicted molar refractivity (Wildman–Crippen MR) is 154 cm³/mol. The predicted octanol–water partition coefficient (Wildman–Crippen LogP) is 5.28. The molecule has 192 valence electrons. The third kappa shape index (κ3) is 6.30. The first-order valence-corrected chi connectivity index (χ1v) is 12.7. The van der Waals surface area contributed by atoms with Gasteiger partial charge in [-0.25, -0.2) is 0 Å². The van der Waals surface area contributed by atoms with E-state index in [9.17, 15) is 4.79 Å². The van der Waals surface area contributed by atoms with Gasteiger partial charge in [0.2, 0.25) is 0 Å². The fraction of sp³-hybridized carbons (Fsp3) is 0.267. The van der Waals surface area contributed by atoms with E-state index in [1.807, 2.05) is 54.3 Å². The summed E-state index contributed by atoms with van der Waals surface area (Å²) < 4.78 is 10.7. The first-order valence-electron chi connectivity index (χ1n) is 12.3. The SMILES string of the molecule is COc1ccc(CCNC(=S)N(Cc2ccccc2)Cc2cc3ccc(C)c(C)c3[nH]c2=O)cc1OC. The molecule has 1 heterocycles. The summed E-state index contributed by atoms with van der Waals surface area (Å²) in [6.45, 7) is 5.72. The maximum atomic E-state index is 13.1. The van der Waals surface area contributed by atoms with E-state index in [-0.39, 0.29) is 5.56 Å². The third-order valence-electron chi connectivity index (χ3n) is 6.63. The van der Waals surface area contributed by atoms with Crippen LogP contribution in [0.4, 0.5) is 0 Å². The highest BCUT2D eigenvalue weighted by Gasteiger charge is 2.15.